The molecule has 3 aliphatic rings. The third kappa shape index (κ3) is 20.0. The summed E-state index contributed by atoms with van der Waals surface area (Å²) in [7, 11) is 2.93. The van der Waals surface area contributed by atoms with Gasteiger partial charge in [-0.3, -0.25) is 14.4 Å². The van der Waals surface area contributed by atoms with Crippen LogP contribution in [-0.2, 0) is 19.0 Å². The van der Waals surface area contributed by atoms with Crippen molar-refractivity contribution in [1.29, 1.82) is 0 Å². The topological polar surface area (TPSA) is 173 Å². The molecule has 3 amide bonds. The number of carbonyl (C=O) groups excluding carboxylic acids is 4. The van der Waals surface area contributed by atoms with Gasteiger partial charge in [0.05, 0.1) is 18.2 Å². The molecule has 0 atom stereocenters. The van der Waals surface area contributed by atoms with E-state index in [1.54, 1.807) is 34.3 Å². The maximum atomic E-state index is 12.4. The summed E-state index contributed by atoms with van der Waals surface area (Å²) in [6.07, 6.45) is 8.00. The van der Waals surface area contributed by atoms with Crippen molar-refractivity contribution >= 4 is 58.8 Å². The zero-order valence-corrected chi connectivity index (χ0v) is 41.9. The van der Waals surface area contributed by atoms with Crippen molar-refractivity contribution in [3.63, 3.8) is 0 Å². The molecule has 3 aliphatic heterocycles. The van der Waals surface area contributed by atoms with Crippen molar-refractivity contribution in [2.45, 2.75) is 65.6 Å². The standard InChI is InChI=1S/C20H24N4O3.C16H25N5O4.C6H5.C4H8O.BrH.Mg/c1-20(2,3)27-19(26)24-11-9-23(10-12-24)18-21-13-16(14-22-18)17(25)15-7-5-4-6-8-15;1-16(2,3)25-15(23)21-8-6-20(7-9-21)14-17-10-12(11-18-14)13(22)19(4)24-5;1-2-4-6-5-3-1;1-2-4-5-3-1;;/h4-8,13-14H,9-12H2,1-3H3;10-11H,6-9H2,1-5H3;1-5H;1-4H2;1H;/q;;-1;;;+2/p-1. The number of benzene rings is 2. The molecule has 348 valence electrons. The monoisotopic (exact) mass is 971 g/mol. The van der Waals surface area contributed by atoms with Crippen LogP contribution in [0.2, 0.25) is 0 Å². The number of amides is 3. The summed E-state index contributed by atoms with van der Waals surface area (Å²) >= 11 is 0. The second-order valence-corrected chi connectivity index (χ2v) is 16.5. The van der Waals surface area contributed by atoms with E-state index < -0.39 is 11.2 Å². The Morgan fingerprint density at radius 3 is 1.34 bits per heavy atom. The van der Waals surface area contributed by atoms with Crippen molar-refractivity contribution in [1.82, 2.24) is 34.8 Å². The number of hydroxylamine groups is 2. The van der Waals surface area contributed by atoms with E-state index >= 15 is 0 Å². The number of aromatic nitrogens is 4. The molecule has 0 saturated carbocycles. The van der Waals surface area contributed by atoms with Gasteiger partial charge in [-0.15, -0.1) is 0 Å². The SMILES string of the molecule is C1CCOC1.CC(C)(C)OC(=O)N1CCN(c2ncc(C(=O)c3ccccc3)cn2)CC1.CON(C)C(=O)c1cnc(N2CCN(C(=O)OC(C)(C)C)CC2)nc1.[Br-].[Mg+2].[c-]1ccccc1. The van der Waals surface area contributed by atoms with E-state index in [-0.39, 0.29) is 63.9 Å². The smallest absolute Gasteiger partial charge is 1.00 e. The van der Waals surface area contributed by atoms with Crippen LogP contribution in [0.3, 0.4) is 0 Å². The Labute approximate surface area is 410 Å². The van der Waals surface area contributed by atoms with Gasteiger partial charge in [0.1, 0.15) is 11.2 Å². The van der Waals surface area contributed by atoms with Gasteiger partial charge in [0.15, 0.2) is 5.78 Å². The van der Waals surface area contributed by atoms with Crippen LogP contribution in [0, 0.1) is 6.07 Å². The Balaban J connectivity index is 0.000000352. The number of hydrogen-bond acceptors (Lipinski definition) is 14. The van der Waals surface area contributed by atoms with Crippen LogP contribution in [0.5, 0.6) is 0 Å². The average molecular weight is 973 g/mol. The molecular formula is C46H62BrMgN9O8. The summed E-state index contributed by atoms with van der Waals surface area (Å²) in [4.78, 5) is 77.9. The molecule has 3 fully saturated rings. The second kappa shape index (κ2) is 28.2. The van der Waals surface area contributed by atoms with E-state index in [2.05, 4.69) is 26.0 Å². The molecule has 0 radical (unpaired) electrons. The third-order valence-corrected chi connectivity index (χ3v) is 9.24. The number of carbonyl (C=O) groups is 4. The maximum Gasteiger partial charge on any atom is 2.00 e. The average Bonchev–Trinajstić information content (AvgIpc) is 3.90. The van der Waals surface area contributed by atoms with Gasteiger partial charge < -0.3 is 50.8 Å². The minimum atomic E-state index is -0.505. The Morgan fingerprint density at radius 1 is 0.615 bits per heavy atom. The summed E-state index contributed by atoms with van der Waals surface area (Å²) in [6, 6.07) is 21.6. The summed E-state index contributed by atoms with van der Waals surface area (Å²) < 4.78 is 15.7. The number of anilines is 2. The molecule has 0 N–H and O–H groups in total. The zero-order valence-electron chi connectivity index (χ0n) is 38.9. The van der Waals surface area contributed by atoms with E-state index in [4.69, 9.17) is 19.0 Å². The number of ketones is 1. The first-order chi connectivity index (χ1) is 30.0. The number of piperazine rings is 2. The van der Waals surface area contributed by atoms with E-state index in [1.165, 1.54) is 39.4 Å². The molecule has 2 aromatic carbocycles. The number of ether oxygens (including phenoxy) is 3. The minimum Gasteiger partial charge on any atom is -1.00 e. The second-order valence-electron chi connectivity index (χ2n) is 16.5. The fourth-order valence-corrected chi connectivity index (χ4v) is 5.90. The Bertz CT molecular complexity index is 1960. The van der Waals surface area contributed by atoms with Crippen LogP contribution in [0.15, 0.2) is 85.5 Å². The molecule has 4 aromatic rings. The van der Waals surface area contributed by atoms with Crippen LogP contribution >= 0.6 is 0 Å². The molecular weight excluding hydrogens is 911 g/mol. The van der Waals surface area contributed by atoms with Gasteiger partial charge in [0, 0.05) is 103 Å². The molecule has 3 saturated heterocycles. The first-order valence-corrected chi connectivity index (χ1v) is 21.0. The molecule has 0 unspecified atom stereocenters. The number of rotatable bonds is 6. The fourth-order valence-electron chi connectivity index (χ4n) is 5.90. The van der Waals surface area contributed by atoms with Gasteiger partial charge in [-0.25, -0.2) is 34.6 Å². The van der Waals surface area contributed by atoms with Crippen LogP contribution in [-0.4, -0.2) is 173 Å². The van der Waals surface area contributed by atoms with E-state index in [0.29, 0.717) is 80.9 Å². The first-order valence-electron chi connectivity index (χ1n) is 21.0. The summed E-state index contributed by atoms with van der Waals surface area (Å²) in [5, 5.41) is 1.11. The largest absolute Gasteiger partial charge is 2.00 e. The molecule has 17 nitrogen and oxygen atoms in total. The molecule has 0 aliphatic carbocycles. The molecule has 19 heteroatoms. The van der Waals surface area contributed by atoms with Crippen LogP contribution < -0.4 is 26.8 Å². The van der Waals surface area contributed by atoms with Crippen LogP contribution in [0.25, 0.3) is 0 Å². The van der Waals surface area contributed by atoms with E-state index in [0.717, 1.165) is 18.3 Å². The van der Waals surface area contributed by atoms with E-state index in [9.17, 15) is 19.2 Å². The van der Waals surface area contributed by atoms with Gasteiger partial charge in [-0.2, -0.15) is 36.4 Å². The minimum absolute atomic E-state index is 0. The number of nitrogens with zero attached hydrogens (tertiary/aromatic N) is 9. The molecule has 65 heavy (non-hydrogen) atoms. The zero-order chi connectivity index (χ0) is 45.8. The number of halogens is 1. The summed E-state index contributed by atoms with van der Waals surface area (Å²) in [5.41, 5.74) is 0.408. The molecule has 7 rings (SSSR count). The van der Waals surface area contributed by atoms with Gasteiger partial charge in [0.25, 0.3) is 5.91 Å². The van der Waals surface area contributed by atoms with Crippen LogP contribution in [0.4, 0.5) is 21.5 Å². The van der Waals surface area contributed by atoms with Crippen molar-refractivity contribution in [2.24, 2.45) is 0 Å². The Hall–Kier alpha value is -4.95. The van der Waals surface area contributed by atoms with Crippen LogP contribution in [0.1, 0.15) is 80.7 Å². The van der Waals surface area contributed by atoms with Gasteiger partial charge in [0.2, 0.25) is 11.9 Å². The van der Waals surface area contributed by atoms with Gasteiger partial charge >= 0.3 is 35.2 Å². The Kier molecular flexibility index (Phi) is 24.3. The summed E-state index contributed by atoms with van der Waals surface area (Å²) in [5.74, 6) is 0.671. The maximum absolute atomic E-state index is 12.4. The fraction of sp³-hybridized carbons (Fsp3) is 0.478. The Morgan fingerprint density at radius 2 is 1.02 bits per heavy atom. The van der Waals surface area contributed by atoms with Gasteiger partial charge in [-0.1, -0.05) is 30.3 Å². The van der Waals surface area contributed by atoms with Crippen molar-refractivity contribution in [3.05, 3.63) is 108 Å². The molecule has 0 bridgehead atoms. The third-order valence-electron chi connectivity index (χ3n) is 9.24. The predicted molar refractivity (Wildman–Crippen MR) is 244 cm³/mol. The van der Waals surface area contributed by atoms with Crippen molar-refractivity contribution in [3.8, 4) is 0 Å². The molecule has 5 heterocycles. The van der Waals surface area contributed by atoms with Crippen molar-refractivity contribution in [2.75, 3.05) is 89.5 Å². The molecule has 0 spiro atoms. The normalized spacial score (nSPS) is 14.5. The first kappa shape index (κ1) is 56.2. The summed E-state index contributed by atoms with van der Waals surface area (Å²) in [6.45, 7) is 17.7. The van der Waals surface area contributed by atoms with Crippen molar-refractivity contribution < 1.29 is 55.2 Å². The molecule has 2 aromatic heterocycles. The number of hydrogen-bond donors (Lipinski definition) is 0. The van der Waals surface area contributed by atoms with Gasteiger partial charge in [-0.05, 0) is 54.4 Å². The quantitative estimate of drug-likeness (QED) is 0.120. The van der Waals surface area contributed by atoms with E-state index in [1.807, 2.05) is 99.9 Å². The predicted octanol–water partition coefficient (Wildman–Crippen LogP) is 2.84.